The highest BCUT2D eigenvalue weighted by Crippen LogP contribution is 2.18. The molecule has 0 aliphatic carbocycles. The minimum atomic E-state index is -3.58. The molecule has 4 nitrogen and oxygen atoms in total. The number of carbonyl (C=O) groups excluding carboxylic acids is 1. The van der Waals surface area contributed by atoms with Gasteiger partial charge in [0.1, 0.15) is 5.75 Å². The summed E-state index contributed by atoms with van der Waals surface area (Å²) in [7, 11) is -3.58. The Balaban J connectivity index is 2.01. The third kappa shape index (κ3) is 4.86. The fourth-order valence-electron chi connectivity index (χ4n) is 1.94. The summed E-state index contributed by atoms with van der Waals surface area (Å²) in [6, 6.07) is 13.8. The maximum atomic E-state index is 12.1. The number of rotatable bonds is 5. The second-order valence-electron chi connectivity index (χ2n) is 5.04. The zero-order valence-corrected chi connectivity index (χ0v) is 13.6. The smallest absolute Gasteiger partial charge is 0.239 e. The molecule has 0 spiro atoms. The van der Waals surface area contributed by atoms with Crippen molar-refractivity contribution in [1.29, 1.82) is 0 Å². The first-order chi connectivity index (χ1) is 10.4. The van der Waals surface area contributed by atoms with Crippen LogP contribution in [0.15, 0.2) is 48.5 Å². The number of hydrogen-bond acceptors (Lipinski definition) is 3. The van der Waals surface area contributed by atoms with Gasteiger partial charge >= 0.3 is 0 Å². The van der Waals surface area contributed by atoms with E-state index in [2.05, 4.69) is 5.32 Å². The van der Waals surface area contributed by atoms with E-state index in [9.17, 15) is 13.2 Å². The number of sulfone groups is 1. The Labute approximate surface area is 135 Å². The molecule has 0 saturated carbocycles. The molecule has 0 aromatic heterocycles. The quantitative estimate of drug-likeness (QED) is 0.911. The Bertz CT molecular complexity index is 770. The molecule has 2 aromatic carbocycles. The molecular formula is C16H16ClNO3S. The fraction of sp³-hybridized carbons (Fsp3) is 0.188. The highest BCUT2D eigenvalue weighted by Gasteiger charge is 2.18. The molecule has 0 aliphatic heterocycles. The van der Waals surface area contributed by atoms with Crippen LogP contribution in [0.2, 0.25) is 5.02 Å². The second-order valence-corrected chi connectivity index (χ2v) is 7.51. The third-order valence-corrected chi connectivity index (χ3v) is 4.84. The first kappa shape index (κ1) is 16.5. The number of carbonyl (C=O) groups is 1. The number of aryl methyl sites for hydroxylation is 1. The summed E-state index contributed by atoms with van der Waals surface area (Å²) in [5.41, 5.74) is 2.13. The SMILES string of the molecule is Cc1ccc(NC(=O)CS(=O)(=O)Cc2ccccc2Cl)cc1. The average Bonchev–Trinajstić information content (AvgIpc) is 2.43. The average molecular weight is 338 g/mol. The van der Waals surface area contributed by atoms with Gasteiger partial charge in [-0.1, -0.05) is 47.5 Å². The molecule has 0 fully saturated rings. The molecule has 0 radical (unpaired) electrons. The minimum absolute atomic E-state index is 0.256. The number of hydrogen-bond donors (Lipinski definition) is 1. The topological polar surface area (TPSA) is 63.2 Å². The van der Waals surface area contributed by atoms with E-state index in [0.29, 0.717) is 16.3 Å². The van der Waals surface area contributed by atoms with Crippen molar-refractivity contribution in [3.05, 3.63) is 64.7 Å². The Morgan fingerprint density at radius 2 is 1.73 bits per heavy atom. The molecular weight excluding hydrogens is 322 g/mol. The van der Waals surface area contributed by atoms with Crippen LogP contribution in [0.5, 0.6) is 0 Å². The largest absolute Gasteiger partial charge is 0.325 e. The van der Waals surface area contributed by atoms with E-state index < -0.39 is 21.5 Å². The second kappa shape index (κ2) is 6.94. The van der Waals surface area contributed by atoms with Gasteiger partial charge in [-0.25, -0.2) is 8.42 Å². The molecule has 0 unspecified atom stereocenters. The molecule has 116 valence electrons. The van der Waals surface area contributed by atoms with Crippen molar-refractivity contribution < 1.29 is 13.2 Å². The van der Waals surface area contributed by atoms with E-state index in [1.54, 1.807) is 36.4 Å². The van der Waals surface area contributed by atoms with Crippen molar-refractivity contribution in [2.45, 2.75) is 12.7 Å². The summed E-state index contributed by atoms with van der Waals surface area (Å²) in [5, 5.41) is 2.95. The maximum absolute atomic E-state index is 12.1. The third-order valence-electron chi connectivity index (χ3n) is 3.02. The number of nitrogens with one attached hydrogen (secondary N) is 1. The van der Waals surface area contributed by atoms with E-state index in [4.69, 9.17) is 11.6 Å². The van der Waals surface area contributed by atoms with Crippen molar-refractivity contribution in [3.63, 3.8) is 0 Å². The Hall–Kier alpha value is -1.85. The predicted octanol–water partition coefficient (Wildman–Crippen LogP) is 3.20. The van der Waals surface area contributed by atoms with Crippen LogP contribution in [-0.2, 0) is 20.4 Å². The number of halogens is 1. The molecule has 1 N–H and O–H groups in total. The summed E-state index contributed by atoms with van der Waals surface area (Å²) >= 11 is 5.95. The van der Waals surface area contributed by atoms with Gasteiger partial charge in [-0.3, -0.25) is 4.79 Å². The van der Waals surface area contributed by atoms with E-state index in [1.807, 2.05) is 19.1 Å². The van der Waals surface area contributed by atoms with Crippen molar-refractivity contribution >= 4 is 33.0 Å². The summed E-state index contributed by atoms with van der Waals surface area (Å²) in [5.74, 6) is -1.39. The molecule has 0 saturated heterocycles. The first-order valence-electron chi connectivity index (χ1n) is 6.66. The first-order valence-corrected chi connectivity index (χ1v) is 8.86. The molecule has 0 aliphatic rings. The lowest BCUT2D eigenvalue weighted by atomic mass is 10.2. The van der Waals surface area contributed by atoms with E-state index >= 15 is 0 Å². The van der Waals surface area contributed by atoms with Crippen LogP contribution < -0.4 is 5.32 Å². The number of amides is 1. The summed E-state index contributed by atoms with van der Waals surface area (Å²) in [6.07, 6.45) is 0. The van der Waals surface area contributed by atoms with Gasteiger partial charge in [-0.05, 0) is 30.7 Å². The van der Waals surface area contributed by atoms with Crippen molar-refractivity contribution in [2.24, 2.45) is 0 Å². The van der Waals surface area contributed by atoms with Crippen LogP contribution >= 0.6 is 11.6 Å². The normalized spacial score (nSPS) is 11.2. The van der Waals surface area contributed by atoms with Crippen LogP contribution in [-0.4, -0.2) is 20.1 Å². The van der Waals surface area contributed by atoms with Gasteiger partial charge in [0.2, 0.25) is 5.91 Å². The summed E-state index contributed by atoms with van der Waals surface area (Å²) in [4.78, 5) is 11.9. The van der Waals surface area contributed by atoms with Gasteiger partial charge in [0, 0.05) is 10.7 Å². The molecule has 0 atom stereocenters. The Morgan fingerprint density at radius 1 is 1.09 bits per heavy atom. The van der Waals surface area contributed by atoms with Gasteiger partial charge in [-0.15, -0.1) is 0 Å². The van der Waals surface area contributed by atoms with Crippen LogP contribution in [0.25, 0.3) is 0 Å². The lowest BCUT2D eigenvalue weighted by molar-refractivity contribution is -0.113. The van der Waals surface area contributed by atoms with E-state index in [1.165, 1.54) is 0 Å². The fourth-order valence-corrected chi connectivity index (χ4v) is 3.52. The Morgan fingerprint density at radius 3 is 2.36 bits per heavy atom. The highest BCUT2D eigenvalue weighted by molar-refractivity contribution is 7.91. The van der Waals surface area contributed by atoms with Crippen LogP contribution in [0.3, 0.4) is 0 Å². The van der Waals surface area contributed by atoms with Gasteiger partial charge in [0.05, 0.1) is 5.75 Å². The van der Waals surface area contributed by atoms with Gasteiger partial charge in [-0.2, -0.15) is 0 Å². The molecule has 2 aromatic rings. The summed E-state index contributed by atoms with van der Waals surface area (Å²) in [6.45, 7) is 1.93. The molecule has 0 heterocycles. The molecule has 2 rings (SSSR count). The lowest BCUT2D eigenvalue weighted by Crippen LogP contribution is -2.24. The minimum Gasteiger partial charge on any atom is -0.325 e. The number of benzene rings is 2. The highest BCUT2D eigenvalue weighted by atomic mass is 35.5. The maximum Gasteiger partial charge on any atom is 0.239 e. The number of anilines is 1. The van der Waals surface area contributed by atoms with Crippen molar-refractivity contribution in [3.8, 4) is 0 Å². The zero-order valence-electron chi connectivity index (χ0n) is 12.0. The van der Waals surface area contributed by atoms with E-state index in [0.717, 1.165) is 5.56 Å². The predicted molar refractivity (Wildman–Crippen MR) is 88.8 cm³/mol. The molecule has 0 bridgehead atoms. The van der Waals surface area contributed by atoms with Crippen molar-refractivity contribution in [2.75, 3.05) is 11.1 Å². The molecule has 6 heteroatoms. The van der Waals surface area contributed by atoms with Crippen molar-refractivity contribution in [1.82, 2.24) is 0 Å². The lowest BCUT2D eigenvalue weighted by Gasteiger charge is -2.08. The van der Waals surface area contributed by atoms with Gasteiger partial charge in [0.25, 0.3) is 0 Å². The van der Waals surface area contributed by atoms with Crippen LogP contribution in [0.1, 0.15) is 11.1 Å². The van der Waals surface area contributed by atoms with E-state index in [-0.39, 0.29) is 5.75 Å². The molecule has 1 amide bonds. The van der Waals surface area contributed by atoms with Crippen LogP contribution in [0.4, 0.5) is 5.69 Å². The van der Waals surface area contributed by atoms with Gasteiger partial charge in [0.15, 0.2) is 9.84 Å². The summed E-state index contributed by atoms with van der Waals surface area (Å²) < 4.78 is 24.2. The Kier molecular flexibility index (Phi) is 5.21. The van der Waals surface area contributed by atoms with Gasteiger partial charge < -0.3 is 5.32 Å². The van der Waals surface area contributed by atoms with Crippen LogP contribution in [0, 0.1) is 6.92 Å². The molecule has 22 heavy (non-hydrogen) atoms. The zero-order chi connectivity index (χ0) is 16.2. The monoisotopic (exact) mass is 337 g/mol. The standard InChI is InChI=1S/C16H16ClNO3S/c1-12-6-8-14(9-7-12)18-16(19)11-22(20,21)10-13-4-2-3-5-15(13)17/h2-9H,10-11H2,1H3,(H,18,19).